The highest BCUT2D eigenvalue weighted by Gasteiger charge is 2.47. The highest BCUT2D eigenvalue weighted by atomic mass is 19.1. The summed E-state index contributed by atoms with van der Waals surface area (Å²) in [6, 6.07) is 1.33. The summed E-state index contributed by atoms with van der Waals surface area (Å²) >= 11 is 0. The summed E-state index contributed by atoms with van der Waals surface area (Å²) in [7, 11) is 0. The average Bonchev–Trinajstić information content (AvgIpc) is 3.43. The first-order valence-electron chi connectivity index (χ1n) is 12.2. The number of hydrogen-bond acceptors (Lipinski definition) is 6. The predicted molar refractivity (Wildman–Crippen MR) is 126 cm³/mol. The number of fused-ring (bicyclic) bond motifs is 4. The Kier molecular flexibility index (Phi) is 5.35. The number of halogens is 2. The Morgan fingerprint density at radius 3 is 2.61 bits per heavy atom. The van der Waals surface area contributed by atoms with E-state index in [1.807, 2.05) is 0 Å². The van der Waals surface area contributed by atoms with E-state index in [9.17, 15) is 14.3 Å². The van der Waals surface area contributed by atoms with E-state index in [1.54, 1.807) is 20.0 Å². The Morgan fingerprint density at radius 2 is 1.92 bits per heavy atom. The number of carboxylic acids is 1. The fourth-order valence-electron chi connectivity index (χ4n) is 6.38. The van der Waals surface area contributed by atoms with E-state index < -0.39 is 23.5 Å². The van der Waals surface area contributed by atoms with Crippen LogP contribution in [0, 0.1) is 49.2 Å². The quantitative estimate of drug-likeness (QED) is 0.390. The first-order valence-corrected chi connectivity index (χ1v) is 12.2. The molecule has 36 heavy (non-hydrogen) atoms. The zero-order valence-corrected chi connectivity index (χ0v) is 19.9. The predicted octanol–water partition coefficient (Wildman–Crippen LogP) is 5.25. The van der Waals surface area contributed by atoms with Gasteiger partial charge < -0.3 is 14.6 Å². The van der Waals surface area contributed by atoms with Crippen LogP contribution in [0.4, 0.5) is 8.78 Å². The Morgan fingerprint density at radius 1 is 1.17 bits per heavy atom. The zero-order chi connectivity index (χ0) is 25.1. The molecule has 4 aromatic rings. The normalized spacial score (nSPS) is 23.4. The Bertz CT molecular complexity index is 1470. The molecule has 3 aliphatic rings. The van der Waals surface area contributed by atoms with E-state index in [2.05, 4.69) is 25.1 Å². The van der Waals surface area contributed by atoms with Crippen LogP contribution in [-0.2, 0) is 11.2 Å². The molecular formula is C26H25F2N5O3. The monoisotopic (exact) mass is 493 g/mol. The van der Waals surface area contributed by atoms with Crippen LogP contribution in [0.25, 0.3) is 33.7 Å². The lowest BCUT2D eigenvalue weighted by molar-refractivity contribution is -0.152. The standard InChI is InChI=1S/C26H25F2N5O3/c1-11-20(12(2)36-33-11)23-22(28)19(8-16-13-3-5-14(6-4-13)21(16)26(34)35)31-25(32-23)18-10-30-24-17(18)7-15(27)9-29-24/h7,9-10,13-14,16,21H,3-6,8H2,1-2H3,(H,29,30)(H,34,35). The number of nitrogens with zero attached hydrogens (tertiary/aromatic N) is 4. The second-order valence-electron chi connectivity index (χ2n) is 10.0. The van der Waals surface area contributed by atoms with Crippen molar-refractivity contribution < 1.29 is 23.2 Å². The second-order valence-corrected chi connectivity index (χ2v) is 10.0. The number of carboxylic acid groups (broad SMARTS) is 1. The number of nitrogens with one attached hydrogen (secondary N) is 1. The van der Waals surface area contributed by atoms with Crippen molar-refractivity contribution in [2.24, 2.45) is 23.7 Å². The van der Waals surface area contributed by atoms with Crippen molar-refractivity contribution in [2.45, 2.75) is 46.0 Å². The van der Waals surface area contributed by atoms with Crippen molar-refractivity contribution in [3.63, 3.8) is 0 Å². The maximum atomic E-state index is 16.1. The third-order valence-electron chi connectivity index (χ3n) is 8.03. The van der Waals surface area contributed by atoms with E-state index in [0.717, 1.165) is 31.9 Å². The number of carbonyl (C=O) groups is 1. The van der Waals surface area contributed by atoms with Gasteiger partial charge in [0.1, 0.15) is 22.9 Å². The van der Waals surface area contributed by atoms with Crippen LogP contribution in [0.1, 0.15) is 42.8 Å². The van der Waals surface area contributed by atoms with Crippen LogP contribution in [-0.4, -0.2) is 36.2 Å². The number of hydrogen-bond donors (Lipinski definition) is 2. The summed E-state index contributed by atoms with van der Waals surface area (Å²) in [5.41, 5.74) is 2.03. The third-order valence-corrected chi connectivity index (χ3v) is 8.03. The summed E-state index contributed by atoms with van der Waals surface area (Å²) in [6.07, 6.45) is 6.60. The molecule has 186 valence electrons. The fourth-order valence-corrected chi connectivity index (χ4v) is 6.38. The highest BCUT2D eigenvalue weighted by molar-refractivity contribution is 5.91. The van der Waals surface area contributed by atoms with E-state index >= 15 is 4.39 Å². The fraction of sp³-hybridized carbons (Fsp3) is 0.423. The molecule has 2 atom stereocenters. The van der Waals surface area contributed by atoms with Gasteiger partial charge in [-0.05, 0) is 69.8 Å². The third kappa shape index (κ3) is 3.58. The number of aromatic nitrogens is 5. The number of rotatable bonds is 5. The minimum Gasteiger partial charge on any atom is -0.481 e. The molecule has 2 unspecified atom stereocenters. The SMILES string of the molecule is Cc1noc(C)c1-c1nc(-c2c[nH]c3ncc(F)cc23)nc(CC2C3CCC(CC3)C2C(=O)O)c1F. The van der Waals surface area contributed by atoms with E-state index in [1.165, 1.54) is 6.07 Å². The van der Waals surface area contributed by atoms with Crippen molar-refractivity contribution in [3.05, 3.63) is 47.2 Å². The molecule has 7 rings (SSSR count). The lowest BCUT2D eigenvalue weighted by Crippen LogP contribution is -2.45. The number of aryl methyl sites for hydroxylation is 2. The Labute approximate surface area is 205 Å². The minimum atomic E-state index is -0.826. The van der Waals surface area contributed by atoms with E-state index in [-0.39, 0.29) is 41.4 Å². The first kappa shape index (κ1) is 22.8. The molecule has 0 radical (unpaired) electrons. The molecule has 0 aliphatic heterocycles. The minimum absolute atomic E-state index is 0.0396. The average molecular weight is 494 g/mol. The molecule has 0 saturated heterocycles. The highest BCUT2D eigenvalue weighted by Crippen LogP contribution is 2.50. The molecule has 0 spiro atoms. The van der Waals surface area contributed by atoms with Gasteiger partial charge in [0.25, 0.3) is 0 Å². The summed E-state index contributed by atoms with van der Waals surface area (Å²) < 4.78 is 35.4. The molecule has 2 bridgehead atoms. The molecule has 10 heteroatoms. The Balaban J connectivity index is 1.52. The van der Waals surface area contributed by atoms with Gasteiger partial charge in [0.05, 0.1) is 29.1 Å². The lowest BCUT2D eigenvalue weighted by Gasteiger charge is -2.46. The number of aromatic amines is 1. The first-order chi connectivity index (χ1) is 17.3. The Hall–Kier alpha value is -3.69. The van der Waals surface area contributed by atoms with Crippen LogP contribution in [0.15, 0.2) is 23.0 Å². The van der Waals surface area contributed by atoms with Crippen LogP contribution >= 0.6 is 0 Å². The number of aliphatic carboxylic acids is 1. The molecule has 3 fully saturated rings. The van der Waals surface area contributed by atoms with Gasteiger partial charge >= 0.3 is 5.97 Å². The van der Waals surface area contributed by atoms with Crippen LogP contribution in [0.3, 0.4) is 0 Å². The van der Waals surface area contributed by atoms with Gasteiger partial charge in [-0.2, -0.15) is 0 Å². The van der Waals surface area contributed by atoms with Gasteiger partial charge in [0, 0.05) is 17.1 Å². The maximum Gasteiger partial charge on any atom is 0.307 e. The number of pyridine rings is 1. The summed E-state index contributed by atoms with van der Waals surface area (Å²) in [4.78, 5) is 28.4. The van der Waals surface area contributed by atoms with E-state index in [4.69, 9.17) is 4.52 Å². The molecule has 0 amide bonds. The molecule has 4 aromatic heterocycles. The molecule has 3 saturated carbocycles. The van der Waals surface area contributed by atoms with Gasteiger partial charge in [-0.1, -0.05) is 5.16 Å². The van der Waals surface area contributed by atoms with Crippen LogP contribution in [0.2, 0.25) is 0 Å². The maximum absolute atomic E-state index is 16.1. The van der Waals surface area contributed by atoms with Crippen molar-refractivity contribution in [1.82, 2.24) is 25.1 Å². The largest absolute Gasteiger partial charge is 0.481 e. The van der Waals surface area contributed by atoms with Gasteiger partial charge in [0.2, 0.25) is 0 Å². The van der Waals surface area contributed by atoms with E-state index in [0.29, 0.717) is 33.6 Å². The van der Waals surface area contributed by atoms with Crippen LogP contribution < -0.4 is 0 Å². The van der Waals surface area contributed by atoms with Crippen LogP contribution in [0.5, 0.6) is 0 Å². The molecule has 0 aromatic carbocycles. The van der Waals surface area contributed by atoms with Gasteiger partial charge in [0.15, 0.2) is 11.6 Å². The summed E-state index contributed by atoms with van der Waals surface area (Å²) in [5.74, 6) is -1.76. The molecule has 2 N–H and O–H groups in total. The summed E-state index contributed by atoms with van der Waals surface area (Å²) in [5, 5.41) is 14.4. The van der Waals surface area contributed by atoms with Crippen molar-refractivity contribution in [3.8, 4) is 22.6 Å². The van der Waals surface area contributed by atoms with Gasteiger partial charge in [-0.3, -0.25) is 4.79 Å². The second kappa shape index (κ2) is 8.46. The van der Waals surface area contributed by atoms with Crippen molar-refractivity contribution in [1.29, 1.82) is 0 Å². The molecular weight excluding hydrogens is 468 g/mol. The van der Waals surface area contributed by atoms with Crippen molar-refractivity contribution >= 4 is 17.0 Å². The van der Waals surface area contributed by atoms with Crippen molar-refractivity contribution in [2.75, 3.05) is 0 Å². The lowest BCUT2D eigenvalue weighted by atomic mass is 9.57. The van der Waals surface area contributed by atoms with Gasteiger partial charge in [-0.25, -0.2) is 23.7 Å². The smallest absolute Gasteiger partial charge is 0.307 e. The zero-order valence-electron chi connectivity index (χ0n) is 19.9. The number of H-pyrrole nitrogens is 1. The van der Waals surface area contributed by atoms with Gasteiger partial charge in [-0.15, -0.1) is 0 Å². The molecule has 4 heterocycles. The molecule has 3 aliphatic carbocycles. The molecule has 8 nitrogen and oxygen atoms in total. The topological polar surface area (TPSA) is 118 Å². The summed E-state index contributed by atoms with van der Waals surface area (Å²) in [6.45, 7) is 3.39.